The molecule has 0 heterocycles. The Morgan fingerprint density at radius 3 is 2.41 bits per heavy atom. The molecular formula is C15H13ClO5S. The molecule has 0 aliphatic carbocycles. The molecule has 0 aromatic heterocycles. The predicted molar refractivity (Wildman–Crippen MR) is 82.0 cm³/mol. The van der Waals surface area contributed by atoms with Crippen LogP contribution in [0.5, 0.6) is 11.5 Å². The molecule has 0 spiro atoms. The summed E-state index contributed by atoms with van der Waals surface area (Å²) in [6, 6.07) is 10.4. The standard InChI is InChI=1S/C15H13ClO5S/c1-20-15-7-2-12(16)8-11(15)9-22(18,19)14-5-3-13(4-6-14)21-10-17/h2-8,10H,9H2,1H3. The predicted octanol–water partition coefficient (Wildman–Crippen LogP) is 2.86. The average Bonchev–Trinajstić information content (AvgIpc) is 2.48. The molecule has 2 aromatic carbocycles. The van der Waals surface area contributed by atoms with Gasteiger partial charge in [-0.15, -0.1) is 0 Å². The maximum absolute atomic E-state index is 12.4. The van der Waals surface area contributed by atoms with Crippen molar-refractivity contribution in [2.24, 2.45) is 0 Å². The summed E-state index contributed by atoms with van der Waals surface area (Å²) in [5, 5.41) is 0.431. The lowest BCUT2D eigenvalue weighted by Crippen LogP contribution is -2.06. The van der Waals surface area contributed by atoms with Gasteiger partial charge in [-0.05, 0) is 42.5 Å². The molecule has 116 valence electrons. The lowest BCUT2D eigenvalue weighted by Gasteiger charge is -2.10. The lowest BCUT2D eigenvalue weighted by atomic mass is 10.2. The van der Waals surface area contributed by atoms with Crippen LogP contribution in [0.15, 0.2) is 47.4 Å². The van der Waals surface area contributed by atoms with Crippen molar-refractivity contribution in [3.63, 3.8) is 0 Å². The van der Waals surface area contributed by atoms with E-state index in [9.17, 15) is 13.2 Å². The number of ether oxygens (including phenoxy) is 2. The Kier molecular flexibility index (Phi) is 5.05. The van der Waals surface area contributed by atoms with Gasteiger partial charge in [-0.3, -0.25) is 4.79 Å². The Morgan fingerprint density at radius 2 is 1.82 bits per heavy atom. The van der Waals surface area contributed by atoms with Crippen LogP contribution in [0.1, 0.15) is 5.56 Å². The molecular weight excluding hydrogens is 328 g/mol. The molecule has 0 amide bonds. The maximum Gasteiger partial charge on any atom is 0.298 e. The monoisotopic (exact) mass is 340 g/mol. The van der Waals surface area contributed by atoms with E-state index < -0.39 is 9.84 Å². The summed E-state index contributed by atoms with van der Waals surface area (Å²) in [5.74, 6) is 0.480. The van der Waals surface area contributed by atoms with Crippen molar-refractivity contribution in [2.75, 3.05) is 7.11 Å². The number of halogens is 1. The van der Waals surface area contributed by atoms with E-state index in [-0.39, 0.29) is 22.9 Å². The van der Waals surface area contributed by atoms with Crippen molar-refractivity contribution in [1.29, 1.82) is 0 Å². The number of hydrogen-bond donors (Lipinski definition) is 0. The fraction of sp³-hybridized carbons (Fsp3) is 0.133. The zero-order valence-corrected chi connectivity index (χ0v) is 13.2. The van der Waals surface area contributed by atoms with Gasteiger partial charge in [0.1, 0.15) is 11.5 Å². The quantitative estimate of drug-likeness (QED) is 0.756. The van der Waals surface area contributed by atoms with E-state index in [0.717, 1.165) is 0 Å². The largest absolute Gasteiger partial charge is 0.496 e. The van der Waals surface area contributed by atoms with Gasteiger partial charge in [-0.25, -0.2) is 8.42 Å². The molecule has 7 heteroatoms. The second-order valence-electron chi connectivity index (χ2n) is 4.40. The summed E-state index contributed by atoms with van der Waals surface area (Å²) >= 11 is 5.90. The van der Waals surface area contributed by atoms with Crippen LogP contribution in [0, 0.1) is 0 Å². The normalized spacial score (nSPS) is 11.0. The molecule has 0 atom stereocenters. The first-order chi connectivity index (χ1) is 10.5. The summed E-state index contributed by atoms with van der Waals surface area (Å²) in [5.41, 5.74) is 0.475. The van der Waals surface area contributed by atoms with Gasteiger partial charge in [0.15, 0.2) is 9.84 Å². The Hall–Kier alpha value is -2.05. The van der Waals surface area contributed by atoms with E-state index in [2.05, 4.69) is 4.74 Å². The van der Waals surface area contributed by atoms with E-state index in [4.69, 9.17) is 16.3 Å². The van der Waals surface area contributed by atoms with Gasteiger partial charge in [0.25, 0.3) is 6.47 Å². The number of carbonyl (C=O) groups excluding carboxylic acids is 1. The molecule has 5 nitrogen and oxygen atoms in total. The molecule has 0 fully saturated rings. The molecule has 0 saturated carbocycles. The van der Waals surface area contributed by atoms with Crippen LogP contribution in [-0.2, 0) is 20.4 Å². The lowest BCUT2D eigenvalue weighted by molar-refractivity contribution is -0.120. The van der Waals surface area contributed by atoms with Crippen LogP contribution < -0.4 is 9.47 Å². The van der Waals surface area contributed by atoms with Crippen molar-refractivity contribution < 1.29 is 22.7 Å². The van der Waals surface area contributed by atoms with Crippen molar-refractivity contribution in [3.05, 3.63) is 53.1 Å². The highest BCUT2D eigenvalue weighted by Gasteiger charge is 2.18. The number of benzene rings is 2. The van der Waals surface area contributed by atoms with Gasteiger partial charge in [0, 0.05) is 10.6 Å². The van der Waals surface area contributed by atoms with Gasteiger partial charge in [0.05, 0.1) is 17.8 Å². The molecule has 2 aromatic rings. The third-order valence-corrected chi connectivity index (χ3v) is 4.87. The van der Waals surface area contributed by atoms with Gasteiger partial charge < -0.3 is 9.47 Å². The second kappa shape index (κ2) is 6.81. The molecule has 0 radical (unpaired) electrons. The number of sulfone groups is 1. The fourth-order valence-electron chi connectivity index (χ4n) is 1.93. The SMILES string of the molecule is COc1ccc(Cl)cc1CS(=O)(=O)c1ccc(OC=O)cc1. The van der Waals surface area contributed by atoms with Crippen molar-refractivity contribution in [1.82, 2.24) is 0 Å². The first kappa shape index (κ1) is 16.3. The van der Waals surface area contributed by atoms with Gasteiger partial charge in [-0.2, -0.15) is 0 Å². The Bertz CT molecular complexity index is 769. The molecule has 2 rings (SSSR count). The van der Waals surface area contributed by atoms with Crippen LogP contribution in [-0.4, -0.2) is 22.0 Å². The van der Waals surface area contributed by atoms with E-state index >= 15 is 0 Å². The summed E-state index contributed by atoms with van der Waals surface area (Å²) in [6.07, 6.45) is 0. The highest BCUT2D eigenvalue weighted by molar-refractivity contribution is 7.90. The minimum absolute atomic E-state index is 0.118. The summed E-state index contributed by atoms with van der Waals surface area (Å²) in [6.45, 7) is 0.278. The van der Waals surface area contributed by atoms with E-state index in [1.165, 1.54) is 31.4 Å². The number of methoxy groups -OCH3 is 1. The third kappa shape index (κ3) is 3.78. The van der Waals surface area contributed by atoms with E-state index in [1.807, 2.05) is 0 Å². The van der Waals surface area contributed by atoms with Gasteiger partial charge >= 0.3 is 0 Å². The Morgan fingerprint density at radius 1 is 1.14 bits per heavy atom. The van der Waals surface area contributed by atoms with Crippen LogP contribution >= 0.6 is 11.6 Å². The maximum atomic E-state index is 12.4. The minimum atomic E-state index is -3.58. The number of carbonyl (C=O) groups is 1. The molecule has 0 N–H and O–H groups in total. The number of hydrogen-bond acceptors (Lipinski definition) is 5. The molecule has 0 bridgehead atoms. The zero-order valence-electron chi connectivity index (χ0n) is 11.7. The Balaban J connectivity index is 2.31. The van der Waals surface area contributed by atoms with Crippen LogP contribution in [0.3, 0.4) is 0 Å². The topological polar surface area (TPSA) is 69.7 Å². The molecule has 22 heavy (non-hydrogen) atoms. The highest BCUT2D eigenvalue weighted by atomic mass is 35.5. The van der Waals surface area contributed by atoms with Crippen molar-refractivity contribution >= 4 is 27.9 Å². The summed E-state index contributed by atoms with van der Waals surface area (Å²) in [4.78, 5) is 10.4. The van der Waals surface area contributed by atoms with Crippen LogP contribution in [0.4, 0.5) is 0 Å². The first-order valence-electron chi connectivity index (χ1n) is 6.22. The van der Waals surface area contributed by atoms with Gasteiger partial charge in [-0.1, -0.05) is 11.6 Å². The summed E-state index contributed by atoms with van der Waals surface area (Å²) in [7, 11) is -2.11. The number of rotatable bonds is 6. The molecule has 0 aliphatic rings. The Labute approximate surface area is 133 Å². The van der Waals surface area contributed by atoms with Gasteiger partial charge in [0.2, 0.25) is 0 Å². The zero-order chi connectivity index (χ0) is 16.2. The fourth-order valence-corrected chi connectivity index (χ4v) is 3.48. The molecule has 0 aliphatic heterocycles. The smallest absolute Gasteiger partial charge is 0.298 e. The highest BCUT2D eigenvalue weighted by Crippen LogP contribution is 2.27. The van der Waals surface area contributed by atoms with Crippen molar-refractivity contribution in [3.8, 4) is 11.5 Å². The van der Waals surface area contributed by atoms with E-state index in [1.54, 1.807) is 18.2 Å². The molecule has 0 unspecified atom stereocenters. The molecule has 0 saturated heterocycles. The second-order valence-corrected chi connectivity index (χ2v) is 6.83. The van der Waals surface area contributed by atoms with Crippen LogP contribution in [0.2, 0.25) is 5.02 Å². The third-order valence-electron chi connectivity index (χ3n) is 2.96. The summed E-state index contributed by atoms with van der Waals surface area (Å²) < 4.78 is 34.7. The van der Waals surface area contributed by atoms with Crippen molar-refractivity contribution in [2.45, 2.75) is 10.6 Å². The minimum Gasteiger partial charge on any atom is -0.496 e. The van der Waals surface area contributed by atoms with E-state index in [0.29, 0.717) is 16.3 Å². The van der Waals surface area contributed by atoms with Crippen LogP contribution in [0.25, 0.3) is 0 Å². The average molecular weight is 341 g/mol. The first-order valence-corrected chi connectivity index (χ1v) is 8.25.